The maximum atomic E-state index is 12.5. The number of unbranched alkanes of at least 4 members (excludes halogenated alkanes) is 1. The lowest BCUT2D eigenvalue weighted by molar-refractivity contribution is -0.123. The molecule has 2 N–H and O–H groups in total. The first-order chi connectivity index (χ1) is 13.2. The van der Waals surface area contributed by atoms with Crippen LogP contribution >= 0.6 is 0 Å². The Balaban J connectivity index is 1.89. The van der Waals surface area contributed by atoms with Crippen LogP contribution in [0.2, 0.25) is 0 Å². The Hall–Kier alpha value is -2.37. The second-order valence-electron chi connectivity index (χ2n) is 6.49. The van der Waals surface area contributed by atoms with E-state index in [1.807, 2.05) is 61.5 Å². The molecule has 0 aromatic heterocycles. The van der Waals surface area contributed by atoms with Crippen molar-refractivity contribution in [3.63, 3.8) is 0 Å². The Kier molecular flexibility index (Phi) is 8.81. The van der Waals surface area contributed by atoms with Crippen LogP contribution in [-0.2, 0) is 9.53 Å². The number of aliphatic hydroxyl groups excluding tert-OH is 1. The van der Waals surface area contributed by atoms with E-state index in [0.29, 0.717) is 6.61 Å². The summed E-state index contributed by atoms with van der Waals surface area (Å²) in [7, 11) is 1.69. The van der Waals surface area contributed by atoms with Gasteiger partial charge in [0.25, 0.3) is 0 Å². The Bertz CT molecular complexity index is 672. The van der Waals surface area contributed by atoms with Crippen molar-refractivity contribution in [3.8, 4) is 5.75 Å². The molecule has 0 radical (unpaired) electrons. The van der Waals surface area contributed by atoms with Gasteiger partial charge in [0.15, 0.2) is 0 Å². The summed E-state index contributed by atoms with van der Waals surface area (Å²) in [4.78, 5) is 12.5. The Labute approximate surface area is 161 Å². The molecule has 0 aliphatic carbocycles. The second kappa shape index (κ2) is 11.4. The standard InChI is InChI=1S/C22H29NO4/c1-17(18-8-4-3-5-9-18)22(25)23-21(16-24)19-10-12-20(13-11-19)27-15-7-6-14-26-2/h3-5,8-13,17,21,24H,6-7,14-16H2,1-2H3,(H,23,25)/t17-,21-/m0/s1. The van der Waals surface area contributed by atoms with Gasteiger partial charge >= 0.3 is 0 Å². The van der Waals surface area contributed by atoms with Crippen molar-refractivity contribution >= 4 is 5.91 Å². The fourth-order valence-corrected chi connectivity index (χ4v) is 2.76. The number of rotatable bonds is 11. The van der Waals surface area contributed by atoms with Crippen LogP contribution in [0.5, 0.6) is 5.75 Å². The predicted octanol–water partition coefficient (Wildman–Crippen LogP) is 3.45. The number of hydrogen-bond donors (Lipinski definition) is 2. The number of amides is 1. The van der Waals surface area contributed by atoms with E-state index in [2.05, 4.69) is 5.32 Å². The van der Waals surface area contributed by atoms with Gasteiger partial charge in [-0.2, -0.15) is 0 Å². The highest BCUT2D eigenvalue weighted by molar-refractivity contribution is 5.83. The Morgan fingerprint density at radius 2 is 1.67 bits per heavy atom. The molecule has 2 rings (SSSR count). The van der Waals surface area contributed by atoms with E-state index in [-0.39, 0.29) is 18.4 Å². The molecule has 0 heterocycles. The van der Waals surface area contributed by atoms with Gasteiger partial charge in [-0.25, -0.2) is 0 Å². The highest BCUT2D eigenvalue weighted by atomic mass is 16.5. The molecular weight excluding hydrogens is 342 g/mol. The molecule has 2 atom stereocenters. The lowest BCUT2D eigenvalue weighted by Gasteiger charge is -2.20. The first kappa shape index (κ1) is 20.9. The summed E-state index contributed by atoms with van der Waals surface area (Å²) in [6.07, 6.45) is 1.90. The average molecular weight is 371 g/mol. The summed E-state index contributed by atoms with van der Waals surface area (Å²) >= 11 is 0. The van der Waals surface area contributed by atoms with Crippen LogP contribution in [0.1, 0.15) is 42.9 Å². The van der Waals surface area contributed by atoms with Crippen molar-refractivity contribution in [2.75, 3.05) is 26.9 Å². The normalized spacial score (nSPS) is 13.0. The number of aliphatic hydroxyl groups is 1. The van der Waals surface area contributed by atoms with Gasteiger partial charge in [-0.15, -0.1) is 0 Å². The second-order valence-corrected chi connectivity index (χ2v) is 6.49. The summed E-state index contributed by atoms with van der Waals surface area (Å²) in [6, 6.07) is 16.6. The topological polar surface area (TPSA) is 67.8 Å². The van der Waals surface area contributed by atoms with Gasteiger partial charge in [0.05, 0.1) is 25.2 Å². The van der Waals surface area contributed by atoms with Crippen LogP contribution < -0.4 is 10.1 Å². The summed E-state index contributed by atoms with van der Waals surface area (Å²) in [5.41, 5.74) is 1.79. The minimum absolute atomic E-state index is 0.112. The first-order valence-electron chi connectivity index (χ1n) is 9.33. The molecule has 2 aromatic carbocycles. The van der Waals surface area contributed by atoms with E-state index in [9.17, 15) is 9.90 Å². The number of methoxy groups -OCH3 is 1. The van der Waals surface area contributed by atoms with Crippen LogP contribution in [0.25, 0.3) is 0 Å². The van der Waals surface area contributed by atoms with Gasteiger partial charge in [-0.05, 0) is 43.0 Å². The fourth-order valence-electron chi connectivity index (χ4n) is 2.76. The summed E-state index contributed by atoms with van der Waals surface area (Å²) in [5.74, 6) is 0.380. The third-order valence-electron chi connectivity index (χ3n) is 4.49. The van der Waals surface area contributed by atoms with E-state index in [4.69, 9.17) is 9.47 Å². The summed E-state index contributed by atoms with van der Waals surface area (Å²) < 4.78 is 10.7. The van der Waals surface area contributed by atoms with Crippen molar-refractivity contribution in [2.45, 2.75) is 31.7 Å². The van der Waals surface area contributed by atoms with Crippen molar-refractivity contribution in [2.24, 2.45) is 0 Å². The number of carbonyl (C=O) groups is 1. The van der Waals surface area contributed by atoms with Gasteiger partial charge in [0, 0.05) is 13.7 Å². The Morgan fingerprint density at radius 1 is 1.00 bits per heavy atom. The lowest BCUT2D eigenvalue weighted by Crippen LogP contribution is -2.33. The number of carbonyl (C=O) groups excluding carboxylic acids is 1. The molecule has 146 valence electrons. The van der Waals surface area contributed by atoms with E-state index in [1.165, 1.54) is 0 Å². The monoisotopic (exact) mass is 371 g/mol. The molecular formula is C22H29NO4. The van der Waals surface area contributed by atoms with Gasteiger partial charge in [0.1, 0.15) is 5.75 Å². The smallest absolute Gasteiger partial charge is 0.227 e. The van der Waals surface area contributed by atoms with Crippen LogP contribution in [0, 0.1) is 0 Å². The van der Waals surface area contributed by atoms with Crippen molar-refractivity contribution in [3.05, 3.63) is 65.7 Å². The lowest BCUT2D eigenvalue weighted by atomic mass is 9.99. The molecule has 2 aromatic rings. The minimum Gasteiger partial charge on any atom is -0.494 e. The molecule has 5 nitrogen and oxygen atoms in total. The third-order valence-corrected chi connectivity index (χ3v) is 4.49. The third kappa shape index (κ3) is 6.70. The molecule has 0 fully saturated rings. The van der Waals surface area contributed by atoms with Crippen LogP contribution in [0.15, 0.2) is 54.6 Å². The fraction of sp³-hybridized carbons (Fsp3) is 0.409. The molecule has 1 amide bonds. The van der Waals surface area contributed by atoms with Gasteiger partial charge in [-0.3, -0.25) is 4.79 Å². The number of nitrogens with one attached hydrogen (secondary N) is 1. The van der Waals surface area contributed by atoms with Crippen molar-refractivity contribution in [1.29, 1.82) is 0 Å². The molecule has 5 heteroatoms. The van der Waals surface area contributed by atoms with E-state index in [1.54, 1.807) is 7.11 Å². The van der Waals surface area contributed by atoms with Crippen molar-refractivity contribution in [1.82, 2.24) is 5.32 Å². The zero-order valence-electron chi connectivity index (χ0n) is 16.1. The SMILES string of the molecule is COCCCCOc1ccc([C@H](CO)NC(=O)[C@@H](C)c2ccccc2)cc1. The maximum absolute atomic E-state index is 12.5. The van der Waals surface area contributed by atoms with Gasteiger partial charge in [0.2, 0.25) is 5.91 Å². The largest absolute Gasteiger partial charge is 0.494 e. The number of ether oxygens (including phenoxy) is 2. The van der Waals surface area contributed by atoms with Crippen molar-refractivity contribution < 1.29 is 19.4 Å². The van der Waals surface area contributed by atoms with Gasteiger partial charge in [-0.1, -0.05) is 42.5 Å². The number of benzene rings is 2. The summed E-state index contributed by atoms with van der Waals surface area (Å²) in [5, 5.41) is 12.6. The Morgan fingerprint density at radius 3 is 2.30 bits per heavy atom. The zero-order valence-corrected chi connectivity index (χ0v) is 16.1. The quantitative estimate of drug-likeness (QED) is 0.594. The molecule has 0 unspecified atom stereocenters. The highest BCUT2D eigenvalue weighted by Crippen LogP contribution is 2.20. The first-order valence-corrected chi connectivity index (χ1v) is 9.33. The molecule has 0 saturated carbocycles. The number of hydrogen-bond acceptors (Lipinski definition) is 4. The molecule has 0 saturated heterocycles. The highest BCUT2D eigenvalue weighted by Gasteiger charge is 2.19. The minimum atomic E-state index is -0.445. The zero-order chi connectivity index (χ0) is 19.5. The predicted molar refractivity (Wildman–Crippen MR) is 106 cm³/mol. The summed E-state index contributed by atoms with van der Waals surface area (Å²) in [6.45, 7) is 3.07. The maximum Gasteiger partial charge on any atom is 0.227 e. The van der Waals surface area contributed by atoms with Crippen LogP contribution in [0.4, 0.5) is 0 Å². The van der Waals surface area contributed by atoms with Crippen LogP contribution in [0.3, 0.4) is 0 Å². The molecule has 27 heavy (non-hydrogen) atoms. The molecule has 0 aliphatic rings. The van der Waals surface area contributed by atoms with Gasteiger partial charge < -0.3 is 19.9 Å². The van der Waals surface area contributed by atoms with E-state index in [0.717, 1.165) is 36.3 Å². The average Bonchev–Trinajstić information content (AvgIpc) is 2.72. The van der Waals surface area contributed by atoms with Crippen LogP contribution in [-0.4, -0.2) is 37.9 Å². The molecule has 0 spiro atoms. The van der Waals surface area contributed by atoms with E-state index < -0.39 is 6.04 Å². The molecule has 0 bridgehead atoms. The van der Waals surface area contributed by atoms with E-state index >= 15 is 0 Å². The molecule has 0 aliphatic heterocycles.